The van der Waals surface area contributed by atoms with E-state index in [9.17, 15) is 9.59 Å². The predicted octanol–water partition coefficient (Wildman–Crippen LogP) is 2.33. The number of esters is 1. The van der Waals surface area contributed by atoms with Crippen molar-refractivity contribution < 1.29 is 14.3 Å². The lowest BCUT2D eigenvalue weighted by atomic mass is 10.1. The van der Waals surface area contributed by atoms with E-state index in [1.807, 2.05) is 60.7 Å². The Morgan fingerprint density at radius 2 is 1.58 bits per heavy atom. The molecule has 0 aromatic heterocycles. The molecule has 1 unspecified atom stereocenters. The summed E-state index contributed by atoms with van der Waals surface area (Å²) in [7, 11) is 0. The quantitative estimate of drug-likeness (QED) is 0.730. The van der Waals surface area contributed by atoms with Gasteiger partial charge in [0.15, 0.2) is 0 Å². The zero-order valence-electron chi connectivity index (χ0n) is 13.5. The molecule has 2 rings (SSSR count). The van der Waals surface area contributed by atoms with Crippen molar-refractivity contribution in [3.05, 3.63) is 71.8 Å². The van der Waals surface area contributed by atoms with Crippen LogP contribution in [0.4, 0.5) is 0 Å². The highest BCUT2D eigenvalue weighted by molar-refractivity contribution is 5.81. The van der Waals surface area contributed by atoms with Crippen molar-refractivity contribution in [1.82, 2.24) is 5.32 Å². The van der Waals surface area contributed by atoms with Gasteiger partial charge in [-0.3, -0.25) is 9.59 Å². The fraction of sp³-hybridized carbons (Fsp3) is 0.263. The van der Waals surface area contributed by atoms with Gasteiger partial charge in [-0.15, -0.1) is 0 Å². The van der Waals surface area contributed by atoms with E-state index in [4.69, 9.17) is 10.5 Å². The summed E-state index contributed by atoms with van der Waals surface area (Å²) in [5, 5.41) is 2.84. The normalized spacial score (nSPS) is 11.5. The van der Waals surface area contributed by atoms with Crippen LogP contribution in [0.15, 0.2) is 60.7 Å². The molecule has 0 spiro atoms. The second kappa shape index (κ2) is 9.47. The number of ether oxygens (including phenoxy) is 1. The Morgan fingerprint density at radius 1 is 0.958 bits per heavy atom. The molecule has 0 aliphatic rings. The van der Waals surface area contributed by atoms with Gasteiger partial charge in [0.2, 0.25) is 5.91 Å². The Labute approximate surface area is 141 Å². The van der Waals surface area contributed by atoms with Gasteiger partial charge in [0.25, 0.3) is 0 Å². The fourth-order valence-electron chi connectivity index (χ4n) is 2.26. The number of benzene rings is 2. The van der Waals surface area contributed by atoms with E-state index >= 15 is 0 Å². The lowest BCUT2D eigenvalue weighted by molar-refractivity contribution is -0.146. The van der Waals surface area contributed by atoms with E-state index in [-0.39, 0.29) is 31.4 Å². The summed E-state index contributed by atoms with van der Waals surface area (Å²) >= 11 is 0. The van der Waals surface area contributed by atoms with Crippen molar-refractivity contribution in [3.8, 4) is 0 Å². The van der Waals surface area contributed by atoms with E-state index in [1.54, 1.807) is 0 Å². The standard InChI is InChI=1S/C19H22N2O3/c20-13-17(16-9-5-2-6-10-16)21-18(22)11-12-19(23)24-14-15-7-3-1-4-8-15/h1-10,17H,11-14,20H2,(H,21,22). The minimum atomic E-state index is -0.391. The lowest BCUT2D eigenvalue weighted by Gasteiger charge is -2.17. The zero-order valence-corrected chi connectivity index (χ0v) is 13.5. The largest absolute Gasteiger partial charge is 0.461 e. The molecule has 0 radical (unpaired) electrons. The first-order valence-electron chi connectivity index (χ1n) is 7.93. The van der Waals surface area contributed by atoms with Crippen LogP contribution in [-0.2, 0) is 20.9 Å². The topological polar surface area (TPSA) is 81.4 Å². The van der Waals surface area contributed by atoms with Gasteiger partial charge in [-0.05, 0) is 11.1 Å². The van der Waals surface area contributed by atoms with Gasteiger partial charge in [0.1, 0.15) is 6.61 Å². The van der Waals surface area contributed by atoms with Crippen LogP contribution >= 0.6 is 0 Å². The number of amides is 1. The average molecular weight is 326 g/mol. The summed E-state index contributed by atoms with van der Waals surface area (Å²) in [5.74, 6) is -0.607. The second-order valence-electron chi connectivity index (χ2n) is 5.41. The van der Waals surface area contributed by atoms with Gasteiger partial charge in [-0.25, -0.2) is 0 Å². The van der Waals surface area contributed by atoms with Crippen LogP contribution in [0, 0.1) is 0 Å². The van der Waals surface area contributed by atoms with Crippen LogP contribution in [0.5, 0.6) is 0 Å². The minimum absolute atomic E-state index is 0.0464. The second-order valence-corrected chi connectivity index (χ2v) is 5.41. The number of rotatable bonds is 8. The molecule has 24 heavy (non-hydrogen) atoms. The Kier molecular flexibility index (Phi) is 6.98. The maximum atomic E-state index is 12.0. The van der Waals surface area contributed by atoms with Crippen LogP contribution in [0.1, 0.15) is 30.0 Å². The van der Waals surface area contributed by atoms with Crippen LogP contribution in [0.25, 0.3) is 0 Å². The number of carbonyl (C=O) groups is 2. The molecule has 0 bridgehead atoms. The molecule has 2 aromatic carbocycles. The first kappa shape index (κ1) is 17.7. The van der Waals surface area contributed by atoms with Crippen LogP contribution in [0.3, 0.4) is 0 Å². The third-order valence-electron chi connectivity index (χ3n) is 3.57. The maximum absolute atomic E-state index is 12.0. The van der Waals surface area contributed by atoms with Crippen molar-refractivity contribution in [3.63, 3.8) is 0 Å². The van der Waals surface area contributed by atoms with Crippen molar-refractivity contribution in [2.45, 2.75) is 25.5 Å². The van der Waals surface area contributed by atoms with Gasteiger partial charge < -0.3 is 15.8 Å². The Hall–Kier alpha value is -2.66. The van der Waals surface area contributed by atoms with Gasteiger partial charge in [-0.1, -0.05) is 60.7 Å². The summed E-state index contributed by atoms with van der Waals surface area (Å²) in [6.45, 7) is 0.519. The van der Waals surface area contributed by atoms with Gasteiger partial charge in [0, 0.05) is 13.0 Å². The Morgan fingerprint density at radius 3 is 2.21 bits per heavy atom. The number of carbonyl (C=O) groups excluding carboxylic acids is 2. The minimum Gasteiger partial charge on any atom is -0.461 e. The number of hydrogen-bond acceptors (Lipinski definition) is 4. The molecule has 5 nitrogen and oxygen atoms in total. The Balaban J connectivity index is 1.73. The van der Waals surface area contributed by atoms with E-state index < -0.39 is 5.97 Å². The summed E-state index contributed by atoms with van der Waals surface area (Å²) in [6, 6.07) is 18.7. The first-order valence-corrected chi connectivity index (χ1v) is 7.93. The van der Waals surface area contributed by atoms with Crippen LogP contribution in [-0.4, -0.2) is 18.4 Å². The number of nitrogens with one attached hydrogen (secondary N) is 1. The zero-order chi connectivity index (χ0) is 17.2. The van der Waals surface area contributed by atoms with E-state index in [0.717, 1.165) is 11.1 Å². The molecule has 126 valence electrons. The molecular formula is C19H22N2O3. The molecule has 0 fully saturated rings. The van der Waals surface area contributed by atoms with Gasteiger partial charge >= 0.3 is 5.97 Å². The summed E-state index contributed by atoms with van der Waals surface area (Å²) in [6.07, 6.45) is 0.127. The van der Waals surface area contributed by atoms with Crippen molar-refractivity contribution >= 4 is 11.9 Å². The van der Waals surface area contributed by atoms with E-state index in [0.29, 0.717) is 6.54 Å². The highest BCUT2D eigenvalue weighted by atomic mass is 16.5. The number of hydrogen-bond donors (Lipinski definition) is 2. The monoisotopic (exact) mass is 326 g/mol. The predicted molar refractivity (Wildman–Crippen MR) is 91.9 cm³/mol. The highest BCUT2D eigenvalue weighted by Gasteiger charge is 2.14. The van der Waals surface area contributed by atoms with Crippen molar-refractivity contribution in [1.29, 1.82) is 0 Å². The molecule has 0 aliphatic heterocycles. The molecular weight excluding hydrogens is 304 g/mol. The van der Waals surface area contributed by atoms with Crippen LogP contribution < -0.4 is 11.1 Å². The van der Waals surface area contributed by atoms with Gasteiger partial charge in [0.05, 0.1) is 12.5 Å². The third-order valence-corrected chi connectivity index (χ3v) is 3.57. The van der Waals surface area contributed by atoms with Crippen molar-refractivity contribution in [2.24, 2.45) is 5.73 Å². The molecule has 0 aliphatic carbocycles. The molecule has 1 atom stereocenters. The fourth-order valence-corrected chi connectivity index (χ4v) is 2.26. The van der Waals surface area contributed by atoms with E-state index in [2.05, 4.69) is 5.32 Å². The lowest BCUT2D eigenvalue weighted by Crippen LogP contribution is -2.33. The molecule has 0 saturated heterocycles. The SMILES string of the molecule is NCC(NC(=O)CCC(=O)OCc1ccccc1)c1ccccc1. The first-order chi connectivity index (χ1) is 11.7. The van der Waals surface area contributed by atoms with Gasteiger partial charge in [-0.2, -0.15) is 0 Å². The highest BCUT2D eigenvalue weighted by Crippen LogP contribution is 2.11. The Bertz CT molecular complexity index is 644. The number of nitrogens with two attached hydrogens (primary N) is 1. The maximum Gasteiger partial charge on any atom is 0.306 e. The van der Waals surface area contributed by atoms with E-state index in [1.165, 1.54) is 0 Å². The molecule has 1 amide bonds. The molecule has 0 heterocycles. The summed E-state index contributed by atoms with van der Waals surface area (Å²) in [4.78, 5) is 23.7. The molecule has 5 heteroatoms. The molecule has 3 N–H and O–H groups in total. The average Bonchev–Trinajstić information content (AvgIpc) is 2.64. The summed E-state index contributed by atoms with van der Waals surface area (Å²) in [5.41, 5.74) is 7.58. The third kappa shape index (κ3) is 5.85. The van der Waals surface area contributed by atoms with Crippen LogP contribution in [0.2, 0.25) is 0 Å². The molecule has 0 saturated carbocycles. The van der Waals surface area contributed by atoms with Crippen molar-refractivity contribution in [2.75, 3.05) is 6.54 Å². The smallest absolute Gasteiger partial charge is 0.306 e. The molecule has 2 aromatic rings. The summed E-state index contributed by atoms with van der Waals surface area (Å²) < 4.78 is 5.15.